The maximum Gasteiger partial charge on any atom is 0.253 e. The third-order valence-electron chi connectivity index (χ3n) is 3.15. The van der Waals surface area contributed by atoms with Gasteiger partial charge in [-0.3, -0.25) is 4.79 Å². The van der Waals surface area contributed by atoms with Crippen molar-refractivity contribution >= 4 is 29.2 Å². The lowest BCUT2D eigenvalue weighted by atomic mass is 10.0. The zero-order valence-electron chi connectivity index (χ0n) is 11.9. The second kappa shape index (κ2) is 6.36. The van der Waals surface area contributed by atoms with Crippen molar-refractivity contribution in [3.05, 3.63) is 28.3 Å². The minimum atomic E-state index is -0.526. The van der Waals surface area contributed by atoms with E-state index in [0.29, 0.717) is 28.1 Å². The number of imidazole rings is 1. The molecule has 1 heterocycles. The number of carbonyl (C=O) groups excluding carboxylic acids is 1. The number of benzene rings is 1. The molecule has 0 radical (unpaired) electrons. The van der Waals surface area contributed by atoms with Crippen molar-refractivity contribution in [3.8, 4) is 0 Å². The van der Waals surface area contributed by atoms with E-state index in [9.17, 15) is 14.3 Å². The maximum absolute atomic E-state index is 13.6. The van der Waals surface area contributed by atoms with E-state index in [4.69, 9.17) is 12.2 Å². The van der Waals surface area contributed by atoms with Crippen molar-refractivity contribution in [1.29, 1.82) is 0 Å². The highest BCUT2D eigenvalue weighted by Crippen LogP contribution is 2.18. The Balaban J connectivity index is 2.32. The van der Waals surface area contributed by atoms with E-state index >= 15 is 0 Å². The summed E-state index contributed by atoms with van der Waals surface area (Å²) >= 11 is 4.96. The van der Waals surface area contributed by atoms with E-state index in [1.165, 1.54) is 6.07 Å². The number of aromatic amines is 2. The second-order valence-corrected chi connectivity index (χ2v) is 5.85. The van der Waals surface area contributed by atoms with Crippen LogP contribution in [0.15, 0.2) is 12.1 Å². The van der Waals surface area contributed by atoms with Gasteiger partial charge in [0, 0.05) is 0 Å². The normalized spacial score (nSPS) is 12.8. The molecule has 114 valence electrons. The molecule has 0 saturated carbocycles. The Hall–Kier alpha value is -1.73. The number of aromatic nitrogens is 2. The van der Waals surface area contributed by atoms with Gasteiger partial charge in [0.05, 0.1) is 29.2 Å². The first-order chi connectivity index (χ1) is 9.90. The molecule has 4 N–H and O–H groups in total. The van der Waals surface area contributed by atoms with Gasteiger partial charge < -0.3 is 20.4 Å². The number of hydrogen-bond donors (Lipinski definition) is 4. The number of amides is 1. The van der Waals surface area contributed by atoms with Crippen molar-refractivity contribution < 1.29 is 14.3 Å². The number of rotatable bonds is 5. The minimum Gasteiger partial charge on any atom is -0.394 e. The van der Waals surface area contributed by atoms with Crippen LogP contribution in [0.4, 0.5) is 4.39 Å². The van der Waals surface area contributed by atoms with Crippen LogP contribution in [0.2, 0.25) is 0 Å². The van der Waals surface area contributed by atoms with Crippen LogP contribution >= 0.6 is 12.2 Å². The van der Waals surface area contributed by atoms with E-state index in [0.717, 1.165) is 6.07 Å². The fraction of sp³-hybridized carbons (Fsp3) is 0.429. The van der Waals surface area contributed by atoms with E-state index < -0.39 is 11.7 Å². The maximum atomic E-state index is 13.6. The smallest absolute Gasteiger partial charge is 0.253 e. The molecule has 0 aliphatic heterocycles. The summed E-state index contributed by atoms with van der Waals surface area (Å²) in [4.78, 5) is 17.9. The molecule has 0 bridgehead atoms. The molecule has 21 heavy (non-hydrogen) atoms. The number of hydrogen-bond acceptors (Lipinski definition) is 3. The lowest BCUT2D eigenvalue weighted by Crippen LogP contribution is -2.38. The number of nitrogens with one attached hydrogen (secondary N) is 3. The molecule has 1 amide bonds. The fourth-order valence-corrected chi connectivity index (χ4v) is 2.51. The monoisotopic (exact) mass is 311 g/mol. The van der Waals surface area contributed by atoms with Gasteiger partial charge in [-0.15, -0.1) is 0 Å². The second-order valence-electron chi connectivity index (χ2n) is 5.44. The molecule has 0 spiro atoms. The van der Waals surface area contributed by atoms with Crippen LogP contribution in [0.1, 0.15) is 30.6 Å². The van der Waals surface area contributed by atoms with Crippen molar-refractivity contribution in [2.45, 2.75) is 26.3 Å². The lowest BCUT2D eigenvalue weighted by Gasteiger charge is -2.18. The summed E-state index contributed by atoms with van der Waals surface area (Å²) < 4.78 is 13.9. The quantitative estimate of drug-likeness (QED) is 0.640. The lowest BCUT2D eigenvalue weighted by molar-refractivity contribution is 0.0909. The number of fused-ring (bicyclic) bond motifs is 1. The molecule has 2 rings (SSSR count). The molecule has 0 aliphatic rings. The number of H-pyrrole nitrogens is 2. The Kier molecular flexibility index (Phi) is 4.74. The zero-order chi connectivity index (χ0) is 15.6. The number of carbonyl (C=O) groups is 1. The molecule has 7 heteroatoms. The summed E-state index contributed by atoms with van der Waals surface area (Å²) in [6, 6.07) is 2.06. The SMILES string of the molecule is CC(C)C[C@@H](CO)NC(=O)c1cc(F)cc2[nH]c(=S)[nH]c12. The highest BCUT2D eigenvalue weighted by atomic mass is 32.1. The Morgan fingerprint density at radius 1 is 1.43 bits per heavy atom. The summed E-state index contributed by atoms with van der Waals surface area (Å²) in [5.41, 5.74) is 1.06. The largest absolute Gasteiger partial charge is 0.394 e. The van der Waals surface area contributed by atoms with Gasteiger partial charge in [0.15, 0.2) is 4.77 Å². The Morgan fingerprint density at radius 3 is 2.76 bits per heavy atom. The number of aliphatic hydroxyl groups excluding tert-OH is 1. The molecule has 2 aromatic rings. The van der Waals surface area contributed by atoms with Gasteiger partial charge in [0.2, 0.25) is 0 Å². The van der Waals surface area contributed by atoms with Crippen molar-refractivity contribution in [2.24, 2.45) is 5.92 Å². The molecule has 0 fully saturated rings. The Morgan fingerprint density at radius 2 is 2.14 bits per heavy atom. The topological polar surface area (TPSA) is 80.9 Å². The van der Waals surface area contributed by atoms with Gasteiger partial charge in [-0.1, -0.05) is 13.8 Å². The predicted octanol–water partition coefficient (Wildman–Crippen LogP) is 2.50. The van der Waals surface area contributed by atoms with Crippen LogP contribution in [0.25, 0.3) is 11.0 Å². The molecule has 1 aromatic carbocycles. The average molecular weight is 311 g/mol. The first-order valence-electron chi connectivity index (χ1n) is 6.74. The van der Waals surface area contributed by atoms with Crippen LogP contribution in [0.5, 0.6) is 0 Å². The van der Waals surface area contributed by atoms with Crippen LogP contribution in [-0.4, -0.2) is 33.6 Å². The van der Waals surface area contributed by atoms with Gasteiger partial charge >= 0.3 is 0 Å². The number of aliphatic hydroxyl groups is 1. The fourth-order valence-electron chi connectivity index (χ4n) is 2.30. The molecular weight excluding hydrogens is 293 g/mol. The van der Waals surface area contributed by atoms with Crippen LogP contribution in [0.3, 0.4) is 0 Å². The van der Waals surface area contributed by atoms with E-state index in [1.54, 1.807) is 0 Å². The first-order valence-corrected chi connectivity index (χ1v) is 7.14. The third-order valence-corrected chi connectivity index (χ3v) is 3.35. The van der Waals surface area contributed by atoms with Crippen LogP contribution in [-0.2, 0) is 0 Å². The molecule has 5 nitrogen and oxygen atoms in total. The van der Waals surface area contributed by atoms with Gasteiger partial charge in [-0.25, -0.2) is 4.39 Å². The number of halogens is 1. The third kappa shape index (κ3) is 3.68. The molecule has 0 saturated heterocycles. The summed E-state index contributed by atoms with van der Waals surface area (Å²) in [6.07, 6.45) is 0.643. The van der Waals surface area contributed by atoms with E-state index in [2.05, 4.69) is 15.3 Å². The molecule has 1 aromatic heterocycles. The van der Waals surface area contributed by atoms with Crippen LogP contribution < -0.4 is 5.32 Å². The van der Waals surface area contributed by atoms with Crippen molar-refractivity contribution in [3.63, 3.8) is 0 Å². The van der Waals surface area contributed by atoms with E-state index in [1.807, 2.05) is 13.8 Å². The first kappa shape index (κ1) is 15.7. The van der Waals surface area contributed by atoms with Gasteiger partial charge in [-0.2, -0.15) is 0 Å². The Labute approximate surface area is 126 Å². The van der Waals surface area contributed by atoms with E-state index in [-0.39, 0.29) is 18.2 Å². The summed E-state index contributed by atoms with van der Waals surface area (Å²) in [5, 5.41) is 12.0. The Bertz CT molecular complexity index is 708. The van der Waals surface area contributed by atoms with Crippen molar-refractivity contribution in [1.82, 2.24) is 15.3 Å². The van der Waals surface area contributed by atoms with Crippen LogP contribution in [0, 0.1) is 16.5 Å². The molecular formula is C14H18FN3O2S. The highest BCUT2D eigenvalue weighted by molar-refractivity contribution is 7.71. The summed E-state index contributed by atoms with van der Waals surface area (Å²) in [6.45, 7) is 3.84. The average Bonchev–Trinajstić information content (AvgIpc) is 2.76. The highest BCUT2D eigenvalue weighted by Gasteiger charge is 2.18. The summed E-state index contributed by atoms with van der Waals surface area (Å²) in [7, 11) is 0. The molecule has 0 aliphatic carbocycles. The van der Waals surface area contributed by atoms with Gasteiger partial charge in [-0.05, 0) is 36.7 Å². The van der Waals surface area contributed by atoms with Crippen molar-refractivity contribution in [2.75, 3.05) is 6.61 Å². The minimum absolute atomic E-state index is 0.161. The van der Waals surface area contributed by atoms with Gasteiger partial charge in [0.1, 0.15) is 5.82 Å². The molecule has 1 atom stereocenters. The summed E-state index contributed by atoms with van der Waals surface area (Å²) in [5.74, 6) is -0.639. The molecule has 0 unspecified atom stereocenters. The standard InChI is InChI=1S/C14H18FN3O2S/c1-7(2)3-9(6-19)16-13(20)10-4-8(15)5-11-12(10)18-14(21)17-11/h4-5,7,9,19H,3,6H2,1-2H3,(H,16,20)(H2,17,18,21)/t9-/m0/s1. The van der Waals surface area contributed by atoms with Gasteiger partial charge in [0.25, 0.3) is 5.91 Å². The predicted molar refractivity (Wildman–Crippen MR) is 81.2 cm³/mol. The zero-order valence-corrected chi connectivity index (χ0v) is 12.7.